The molecule has 1 aliphatic heterocycles. The Balaban J connectivity index is 2.21. The largest absolute Gasteiger partial charge is 0.481 e. The van der Waals surface area contributed by atoms with Crippen molar-refractivity contribution >= 4 is 5.95 Å². The summed E-state index contributed by atoms with van der Waals surface area (Å²) in [5.74, 6) is 1.80. The third kappa shape index (κ3) is 3.50. The quantitative estimate of drug-likeness (QED) is 0.851. The molecule has 1 fully saturated rings. The molecular formula is C14H24N4O2. The van der Waals surface area contributed by atoms with E-state index in [-0.39, 0.29) is 0 Å². The van der Waals surface area contributed by atoms with Crippen LogP contribution in [0.1, 0.15) is 25.7 Å². The summed E-state index contributed by atoms with van der Waals surface area (Å²) < 4.78 is 10.5. The number of ether oxygens (including phenoxy) is 2. The standard InChI is InChI=1S/C14H24N4O2/c1-15-8-7-11-6-4-5-9-18(11)14-16-12(19-2)10-13(17-14)20-3/h10-11,15H,4-9H2,1-3H3. The minimum atomic E-state index is 0.480. The summed E-state index contributed by atoms with van der Waals surface area (Å²) in [4.78, 5) is 11.2. The minimum absolute atomic E-state index is 0.480. The van der Waals surface area contributed by atoms with E-state index in [0.29, 0.717) is 23.8 Å². The first-order valence-electron chi connectivity index (χ1n) is 7.16. The summed E-state index contributed by atoms with van der Waals surface area (Å²) in [5, 5.41) is 3.22. The summed E-state index contributed by atoms with van der Waals surface area (Å²) in [6, 6.07) is 2.18. The highest BCUT2D eigenvalue weighted by Crippen LogP contribution is 2.27. The summed E-state index contributed by atoms with van der Waals surface area (Å²) in [6.07, 6.45) is 4.73. The van der Waals surface area contributed by atoms with Crippen LogP contribution in [0.15, 0.2) is 6.07 Å². The van der Waals surface area contributed by atoms with Crippen molar-refractivity contribution in [3.05, 3.63) is 6.07 Å². The smallest absolute Gasteiger partial charge is 0.232 e. The maximum absolute atomic E-state index is 5.23. The lowest BCUT2D eigenvalue weighted by atomic mass is 10.00. The zero-order valence-corrected chi connectivity index (χ0v) is 12.6. The van der Waals surface area contributed by atoms with E-state index in [1.165, 1.54) is 19.3 Å². The van der Waals surface area contributed by atoms with E-state index in [2.05, 4.69) is 20.2 Å². The highest BCUT2D eigenvalue weighted by molar-refractivity contribution is 5.38. The number of nitrogens with one attached hydrogen (secondary N) is 1. The molecule has 0 spiro atoms. The first kappa shape index (κ1) is 14.8. The third-order valence-electron chi connectivity index (χ3n) is 3.70. The third-order valence-corrected chi connectivity index (χ3v) is 3.70. The summed E-state index contributed by atoms with van der Waals surface area (Å²) in [6.45, 7) is 1.99. The summed E-state index contributed by atoms with van der Waals surface area (Å²) >= 11 is 0. The predicted octanol–water partition coefficient (Wildman–Crippen LogP) is 1.46. The molecule has 1 unspecified atom stereocenters. The molecule has 20 heavy (non-hydrogen) atoms. The fourth-order valence-electron chi connectivity index (χ4n) is 2.60. The number of rotatable bonds is 6. The van der Waals surface area contributed by atoms with Gasteiger partial charge in [-0.2, -0.15) is 9.97 Å². The second-order valence-corrected chi connectivity index (χ2v) is 4.99. The number of hydrogen-bond donors (Lipinski definition) is 1. The Kier molecular flexibility index (Phi) is 5.40. The second-order valence-electron chi connectivity index (χ2n) is 4.99. The number of piperidine rings is 1. The fraction of sp³-hybridized carbons (Fsp3) is 0.714. The molecule has 2 heterocycles. The topological polar surface area (TPSA) is 59.5 Å². The minimum Gasteiger partial charge on any atom is -0.481 e. The molecule has 0 aromatic carbocycles. The van der Waals surface area contributed by atoms with Crippen LogP contribution in [0.4, 0.5) is 5.95 Å². The van der Waals surface area contributed by atoms with Gasteiger partial charge < -0.3 is 19.7 Å². The molecule has 112 valence electrons. The van der Waals surface area contributed by atoms with Gasteiger partial charge in [-0.05, 0) is 39.3 Å². The van der Waals surface area contributed by atoms with E-state index in [9.17, 15) is 0 Å². The highest BCUT2D eigenvalue weighted by atomic mass is 16.5. The van der Waals surface area contributed by atoms with Crippen LogP contribution in [-0.2, 0) is 0 Å². The molecule has 0 saturated carbocycles. The molecule has 1 N–H and O–H groups in total. The highest BCUT2D eigenvalue weighted by Gasteiger charge is 2.25. The molecule has 2 rings (SSSR count). The van der Waals surface area contributed by atoms with Gasteiger partial charge in [-0.25, -0.2) is 0 Å². The zero-order valence-electron chi connectivity index (χ0n) is 12.6. The van der Waals surface area contributed by atoms with Crippen molar-refractivity contribution in [2.75, 3.05) is 39.3 Å². The summed E-state index contributed by atoms with van der Waals surface area (Å²) in [7, 11) is 5.21. The molecule has 1 aliphatic rings. The SMILES string of the molecule is CNCCC1CCCCN1c1nc(OC)cc(OC)n1. The average Bonchev–Trinajstić information content (AvgIpc) is 2.52. The van der Waals surface area contributed by atoms with Gasteiger partial charge >= 0.3 is 0 Å². The van der Waals surface area contributed by atoms with Crippen molar-refractivity contribution in [2.24, 2.45) is 0 Å². The molecular weight excluding hydrogens is 256 g/mol. The van der Waals surface area contributed by atoms with Crippen molar-refractivity contribution in [3.63, 3.8) is 0 Å². The molecule has 0 bridgehead atoms. The molecule has 1 saturated heterocycles. The Labute approximate surface area is 120 Å². The van der Waals surface area contributed by atoms with Crippen LogP contribution in [0.5, 0.6) is 11.8 Å². The lowest BCUT2D eigenvalue weighted by Gasteiger charge is -2.36. The Bertz CT molecular complexity index is 405. The van der Waals surface area contributed by atoms with Crippen LogP contribution in [0.2, 0.25) is 0 Å². The van der Waals surface area contributed by atoms with Gasteiger partial charge in [0.2, 0.25) is 17.7 Å². The van der Waals surface area contributed by atoms with Gasteiger partial charge in [0.05, 0.1) is 20.3 Å². The van der Waals surface area contributed by atoms with Gasteiger partial charge in [-0.15, -0.1) is 0 Å². The maximum Gasteiger partial charge on any atom is 0.232 e. The van der Waals surface area contributed by atoms with Crippen LogP contribution < -0.4 is 19.7 Å². The van der Waals surface area contributed by atoms with Crippen molar-refractivity contribution in [1.82, 2.24) is 15.3 Å². The van der Waals surface area contributed by atoms with Crippen LogP contribution in [0.25, 0.3) is 0 Å². The van der Waals surface area contributed by atoms with Crippen LogP contribution in [0, 0.1) is 0 Å². The van der Waals surface area contributed by atoms with Crippen LogP contribution in [-0.4, -0.2) is 50.4 Å². The lowest BCUT2D eigenvalue weighted by Crippen LogP contribution is -2.42. The first-order chi connectivity index (χ1) is 9.78. The molecule has 6 heteroatoms. The molecule has 0 aliphatic carbocycles. The number of anilines is 1. The van der Waals surface area contributed by atoms with Gasteiger partial charge in [0.1, 0.15) is 0 Å². The summed E-state index contributed by atoms with van der Waals surface area (Å²) in [5.41, 5.74) is 0. The molecule has 0 radical (unpaired) electrons. The molecule has 6 nitrogen and oxygen atoms in total. The molecule has 1 aromatic rings. The number of nitrogens with zero attached hydrogens (tertiary/aromatic N) is 3. The van der Waals surface area contributed by atoms with Crippen LogP contribution >= 0.6 is 0 Å². The van der Waals surface area contributed by atoms with E-state index in [1.807, 2.05) is 7.05 Å². The monoisotopic (exact) mass is 280 g/mol. The number of methoxy groups -OCH3 is 2. The average molecular weight is 280 g/mol. The first-order valence-corrected chi connectivity index (χ1v) is 7.16. The van der Waals surface area contributed by atoms with E-state index in [1.54, 1.807) is 20.3 Å². The van der Waals surface area contributed by atoms with Gasteiger partial charge in [0.25, 0.3) is 0 Å². The van der Waals surface area contributed by atoms with Gasteiger partial charge in [0, 0.05) is 12.6 Å². The van der Waals surface area contributed by atoms with Gasteiger partial charge in [-0.3, -0.25) is 0 Å². The fourth-order valence-corrected chi connectivity index (χ4v) is 2.60. The van der Waals surface area contributed by atoms with Crippen molar-refractivity contribution < 1.29 is 9.47 Å². The maximum atomic E-state index is 5.23. The van der Waals surface area contributed by atoms with Crippen molar-refractivity contribution in [2.45, 2.75) is 31.7 Å². The Morgan fingerprint density at radius 1 is 1.25 bits per heavy atom. The van der Waals surface area contributed by atoms with Crippen LogP contribution in [0.3, 0.4) is 0 Å². The van der Waals surface area contributed by atoms with E-state index in [4.69, 9.17) is 9.47 Å². The zero-order chi connectivity index (χ0) is 14.4. The lowest BCUT2D eigenvalue weighted by molar-refractivity contribution is 0.366. The van der Waals surface area contributed by atoms with E-state index < -0.39 is 0 Å². The van der Waals surface area contributed by atoms with E-state index >= 15 is 0 Å². The van der Waals surface area contributed by atoms with Gasteiger partial charge in [0.15, 0.2) is 0 Å². The van der Waals surface area contributed by atoms with Crippen molar-refractivity contribution in [3.8, 4) is 11.8 Å². The Hall–Kier alpha value is -1.56. The number of aromatic nitrogens is 2. The normalized spacial score (nSPS) is 18.9. The predicted molar refractivity (Wildman–Crippen MR) is 78.7 cm³/mol. The van der Waals surface area contributed by atoms with E-state index in [0.717, 1.165) is 19.5 Å². The second kappa shape index (κ2) is 7.28. The van der Waals surface area contributed by atoms with Crippen molar-refractivity contribution in [1.29, 1.82) is 0 Å². The number of hydrogen-bond acceptors (Lipinski definition) is 6. The molecule has 0 amide bonds. The Morgan fingerprint density at radius 2 is 1.95 bits per heavy atom. The molecule has 1 atom stereocenters. The molecule has 1 aromatic heterocycles. The van der Waals surface area contributed by atoms with Gasteiger partial charge in [-0.1, -0.05) is 0 Å². The Morgan fingerprint density at radius 3 is 2.55 bits per heavy atom.